The Hall–Kier alpha value is -2.32. The second-order valence-electron chi connectivity index (χ2n) is 7.77. The lowest BCUT2D eigenvalue weighted by molar-refractivity contribution is -0.122. The van der Waals surface area contributed by atoms with Crippen LogP contribution in [0.4, 0.5) is 0 Å². The molecule has 0 saturated carbocycles. The molecule has 1 atom stereocenters. The highest BCUT2D eigenvalue weighted by molar-refractivity contribution is 7.98. The normalized spacial score (nSPS) is 12.5. The topological polar surface area (TPSA) is 66.5 Å². The molecule has 0 heterocycles. The smallest absolute Gasteiger partial charge is 0.243 e. The summed E-state index contributed by atoms with van der Waals surface area (Å²) in [4.78, 5) is 14.2. The third-order valence-electron chi connectivity index (χ3n) is 5.24. The molecule has 0 aliphatic rings. The van der Waals surface area contributed by atoms with Gasteiger partial charge in [0.1, 0.15) is 0 Å². The van der Waals surface area contributed by atoms with Crippen molar-refractivity contribution < 1.29 is 13.2 Å². The number of amides is 1. The van der Waals surface area contributed by atoms with Crippen molar-refractivity contribution in [1.82, 2.24) is 9.62 Å². The molecule has 3 aromatic carbocycles. The predicted molar refractivity (Wildman–Crippen MR) is 135 cm³/mol. The van der Waals surface area contributed by atoms with Crippen LogP contribution in [-0.4, -0.2) is 31.4 Å². The first kappa shape index (κ1) is 25.3. The Balaban J connectivity index is 1.81. The second-order valence-corrected chi connectivity index (χ2v) is 11.0. The number of thioether (sulfide) groups is 1. The summed E-state index contributed by atoms with van der Waals surface area (Å²) in [6.07, 6.45) is 2.00. The van der Waals surface area contributed by atoms with E-state index < -0.39 is 10.0 Å². The maximum absolute atomic E-state index is 13.4. The summed E-state index contributed by atoms with van der Waals surface area (Å²) in [5, 5.41) is 3.48. The monoisotopic (exact) mass is 502 g/mol. The predicted octanol–water partition coefficient (Wildman–Crippen LogP) is 5.44. The Morgan fingerprint density at radius 1 is 1.00 bits per heavy atom. The molecule has 174 valence electrons. The molecule has 0 fully saturated rings. The van der Waals surface area contributed by atoms with Crippen LogP contribution >= 0.6 is 23.4 Å². The van der Waals surface area contributed by atoms with E-state index in [1.807, 2.05) is 44.4 Å². The van der Waals surface area contributed by atoms with Crippen molar-refractivity contribution in [2.45, 2.75) is 36.2 Å². The van der Waals surface area contributed by atoms with E-state index >= 15 is 0 Å². The summed E-state index contributed by atoms with van der Waals surface area (Å²) in [5.41, 5.74) is 2.65. The van der Waals surface area contributed by atoms with Gasteiger partial charge in [-0.2, -0.15) is 4.31 Å². The van der Waals surface area contributed by atoms with Gasteiger partial charge in [0.05, 0.1) is 17.5 Å². The molecule has 1 amide bonds. The van der Waals surface area contributed by atoms with Crippen LogP contribution in [0.5, 0.6) is 0 Å². The molecule has 33 heavy (non-hydrogen) atoms. The summed E-state index contributed by atoms with van der Waals surface area (Å²) >= 11 is 7.62. The number of aryl methyl sites for hydroxylation is 1. The number of hydrogen-bond acceptors (Lipinski definition) is 4. The highest BCUT2D eigenvalue weighted by Gasteiger charge is 2.27. The number of rotatable bonds is 9. The standard InChI is InChI=1S/C25H27ClN2O3S2/c1-18-4-14-24(15-5-18)33(30,31)28(16-20-6-10-22(26)11-7-20)17-25(29)27-19(2)21-8-12-23(32-3)13-9-21/h4-15,19H,16-17H2,1-3H3,(H,27,29)/t19-/m1/s1. The maximum Gasteiger partial charge on any atom is 0.243 e. The van der Waals surface area contributed by atoms with Crippen molar-refractivity contribution in [2.75, 3.05) is 12.8 Å². The van der Waals surface area contributed by atoms with E-state index in [2.05, 4.69) is 5.32 Å². The number of hydrogen-bond donors (Lipinski definition) is 1. The zero-order chi connectivity index (χ0) is 24.0. The first-order valence-corrected chi connectivity index (χ1v) is 13.5. The third kappa shape index (κ3) is 6.84. The summed E-state index contributed by atoms with van der Waals surface area (Å²) in [7, 11) is -3.89. The van der Waals surface area contributed by atoms with Gasteiger partial charge in [0.2, 0.25) is 15.9 Å². The Labute approximate surface area is 205 Å². The minimum Gasteiger partial charge on any atom is -0.348 e. The molecular weight excluding hydrogens is 476 g/mol. The van der Waals surface area contributed by atoms with Crippen molar-refractivity contribution in [1.29, 1.82) is 0 Å². The number of nitrogens with one attached hydrogen (secondary N) is 1. The number of sulfonamides is 1. The first-order chi connectivity index (χ1) is 15.7. The Kier molecular flexibility index (Phi) is 8.59. The van der Waals surface area contributed by atoms with Crippen molar-refractivity contribution in [3.63, 3.8) is 0 Å². The van der Waals surface area contributed by atoms with Crippen LogP contribution in [0.15, 0.2) is 82.6 Å². The zero-order valence-electron chi connectivity index (χ0n) is 18.8. The number of carbonyl (C=O) groups is 1. The van der Waals surface area contributed by atoms with Gasteiger partial charge in [0.15, 0.2) is 0 Å². The lowest BCUT2D eigenvalue weighted by atomic mass is 10.1. The van der Waals surface area contributed by atoms with Crippen LogP contribution < -0.4 is 5.32 Å². The van der Waals surface area contributed by atoms with Gasteiger partial charge >= 0.3 is 0 Å². The van der Waals surface area contributed by atoms with Crippen LogP contribution in [0.1, 0.15) is 29.7 Å². The molecule has 1 N–H and O–H groups in total. The van der Waals surface area contributed by atoms with Gasteiger partial charge in [0.25, 0.3) is 0 Å². The van der Waals surface area contributed by atoms with Gasteiger partial charge in [0, 0.05) is 16.5 Å². The quantitative estimate of drug-likeness (QED) is 0.396. The van der Waals surface area contributed by atoms with E-state index in [4.69, 9.17) is 11.6 Å². The SMILES string of the molecule is CSc1ccc([C@@H](C)NC(=O)CN(Cc2ccc(Cl)cc2)S(=O)(=O)c2ccc(C)cc2)cc1. The third-order valence-corrected chi connectivity index (χ3v) is 8.05. The maximum atomic E-state index is 13.4. The van der Waals surface area contributed by atoms with Crippen LogP contribution in [0.25, 0.3) is 0 Å². The molecule has 0 saturated heterocycles. The van der Waals surface area contributed by atoms with E-state index in [0.717, 1.165) is 21.6 Å². The van der Waals surface area contributed by atoms with E-state index in [0.29, 0.717) is 5.02 Å². The van der Waals surface area contributed by atoms with Crippen LogP contribution in [0.3, 0.4) is 0 Å². The molecule has 0 aromatic heterocycles. The molecule has 0 unspecified atom stereocenters. The lowest BCUT2D eigenvalue weighted by Crippen LogP contribution is -2.41. The second kappa shape index (κ2) is 11.2. The van der Waals surface area contributed by atoms with E-state index in [1.54, 1.807) is 60.3 Å². The van der Waals surface area contributed by atoms with E-state index in [9.17, 15) is 13.2 Å². The van der Waals surface area contributed by atoms with Gasteiger partial charge in [-0.1, -0.05) is 53.6 Å². The van der Waals surface area contributed by atoms with Crippen molar-refractivity contribution in [3.8, 4) is 0 Å². The molecule has 0 aliphatic carbocycles. The molecule has 0 radical (unpaired) electrons. The van der Waals surface area contributed by atoms with Gasteiger partial charge in [-0.3, -0.25) is 4.79 Å². The van der Waals surface area contributed by atoms with Crippen molar-refractivity contribution in [2.24, 2.45) is 0 Å². The van der Waals surface area contributed by atoms with Gasteiger partial charge in [-0.25, -0.2) is 8.42 Å². The Morgan fingerprint density at radius 3 is 2.18 bits per heavy atom. The minimum atomic E-state index is -3.89. The fraction of sp³-hybridized carbons (Fsp3) is 0.240. The van der Waals surface area contributed by atoms with Gasteiger partial charge in [-0.05, 0) is 67.6 Å². The average molecular weight is 503 g/mol. The Bertz CT molecular complexity index is 1180. The number of halogens is 1. The molecule has 5 nitrogen and oxygen atoms in total. The lowest BCUT2D eigenvalue weighted by Gasteiger charge is -2.23. The molecular formula is C25H27ClN2O3S2. The highest BCUT2D eigenvalue weighted by atomic mass is 35.5. The molecule has 0 bridgehead atoms. The fourth-order valence-corrected chi connectivity index (χ4v) is 5.22. The molecule has 3 rings (SSSR count). The summed E-state index contributed by atoms with van der Waals surface area (Å²) in [5.74, 6) is -0.374. The zero-order valence-corrected chi connectivity index (χ0v) is 21.2. The van der Waals surface area contributed by atoms with E-state index in [-0.39, 0.29) is 29.9 Å². The largest absolute Gasteiger partial charge is 0.348 e. The number of benzene rings is 3. The minimum absolute atomic E-state index is 0.0532. The highest BCUT2D eigenvalue weighted by Crippen LogP contribution is 2.21. The Morgan fingerprint density at radius 2 is 1.61 bits per heavy atom. The summed E-state index contributed by atoms with van der Waals surface area (Å²) < 4.78 is 28.0. The molecule has 0 spiro atoms. The van der Waals surface area contributed by atoms with Crippen LogP contribution in [-0.2, 0) is 21.4 Å². The van der Waals surface area contributed by atoms with Crippen LogP contribution in [0, 0.1) is 6.92 Å². The average Bonchev–Trinajstić information content (AvgIpc) is 2.80. The van der Waals surface area contributed by atoms with E-state index in [1.165, 1.54) is 4.31 Å². The van der Waals surface area contributed by atoms with Gasteiger partial charge < -0.3 is 5.32 Å². The first-order valence-electron chi connectivity index (χ1n) is 10.4. The number of carbonyl (C=O) groups excluding carboxylic acids is 1. The molecule has 0 aliphatic heterocycles. The number of nitrogens with zero attached hydrogens (tertiary/aromatic N) is 1. The summed E-state index contributed by atoms with van der Waals surface area (Å²) in [6, 6.07) is 21.2. The summed E-state index contributed by atoms with van der Waals surface area (Å²) in [6.45, 7) is 3.52. The van der Waals surface area contributed by atoms with Crippen molar-refractivity contribution in [3.05, 3.63) is 94.5 Å². The van der Waals surface area contributed by atoms with Gasteiger partial charge in [-0.15, -0.1) is 11.8 Å². The van der Waals surface area contributed by atoms with Crippen molar-refractivity contribution >= 4 is 39.3 Å². The molecule has 8 heteroatoms. The fourth-order valence-electron chi connectivity index (χ4n) is 3.30. The van der Waals surface area contributed by atoms with Crippen LogP contribution in [0.2, 0.25) is 5.02 Å². The molecule has 3 aromatic rings.